The largest absolute Gasteiger partial charge is 0.467 e. The minimum Gasteiger partial charge on any atom is -0.467 e. The van der Waals surface area contributed by atoms with Crippen molar-refractivity contribution < 1.29 is 23.1 Å². The minimum absolute atomic E-state index is 0.206. The van der Waals surface area contributed by atoms with Gasteiger partial charge in [-0.1, -0.05) is 30.4 Å². The molecule has 0 N–H and O–H groups in total. The summed E-state index contributed by atoms with van der Waals surface area (Å²) in [5.41, 5.74) is 0.513. The molecule has 0 aliphatic carbocycles. The molecule has 0 aliphatic heterocycles. The number of methoxy groups -OCH3 is 1. The van der Waals surface area contributed by atoms with Gasteiger partial charge in [-0.25, -0.2) is 13.6 Å². The summed E-state index contributed by atoms with van der Waals surface area (Å²) < 4.78 is 34.1. The SMILES string of the molecule is CCC(C(=O)OC)n1c(=NC(=O)c2cc(F)cc(F)c2)sc2ccccc21. The van der Waals surface area contributed by atoms with Crippen LogP contribution < -0.4 is 4.80 Å². The van der Waals surface area contributed by atoms with E-state index >= 15 is 0 Å². The Morgan fingerprint density at radius 3 is 2.48 bits per heavy atom. The zero-order valence-corrected chi connectivity index (χ0v) is 15.4. The van der Waals surface area contributed by atoms with Crippen LogP contribution >= 0.6 is 11.3 Å². The van der Waals surface area contributed by atoms with Crippen LogP contribution in [0.25, 0.3) is 10.2 Å². The maximum Gasteiger partial charge on any atom is 0.328 e. The van der Waals surface area contributed by atoms with Crippen molar-refractivity contribution in [1.82, 2.24) is 4.57 Å². The molecule has 2 aromatic carbocycles. The number of carbonyl (C=O) groups excluding carboxylic acids is 2. The van der Waals surface area contributed by atoms with Crippen molar-refractivity contribution in [2.45, 2.75) is 19.4 Å². The number of halogens is 2. The van der Waals surface area contributed by atoms with E-state index in [0.29, 0.717) is 12.5 Å². The van der Waals surface area contributed by atoms with Crippen LogP contribution in [0, 0.1) is 11.6 Å². The molecule has 1 atom stereocenters. The smallest absolute Gasteiger partial charge is 0.328 e. The van der Waals surface area contributed by atoms with Crippen LogP contribution in [0.4, 0.5) is 8.78 Å². The first-order valence-corrected chi connectivity index (χ1v) is 8.99. The number of rotatable bonds is 4. The van der Waals surface area contributed by atoms with Crippen molar-refractivity contribution in [2.24, 2.45) is 4.99 Å². The van der Waals surface area contributed by atoms with Gasteiger partial charge in [0.05, 0.1) is 17.3 Å². The lowest BCUT2D eigenvalue weighted by molar-refractivity contribution is -0.144. The van der Waals surface area contributed by atoms with E-state index in [1.54, 1.807) is 4.57 Å². The molecule has 8 heteroatoms. The summed E-state index contributed by atoms with van der Waals surface area (Å²) in [6, 6.07) is 9.13. The lowest BCUT2D eigenvalue weighted by Crippen LogP contribution is -2.28. The van der Waals surface area contributed by atoms with Crippen molar-refractivity contribution in [3.05, 3.63) is 64.5 Å². The van der Waals surface area contributed by atoms with Crippen LogP contribution in [0.3, 0.4) is 0 Å². The molecule has 0 fully saturated rings. The molecular weight excluding hydrogens is 374 g/mol. The molecule has 0 aliphatic rings. The number of nitrogens with zero attached hydrogens (tertiary/aromatic N) is 2. The van der Waals surface area contributed by atoms with Crippen molar-refractivity contribution in [2.75, 3.05) is 7.11 Å². The Balaban J connectivity index is 2.21. The number of thiazole rings is 1. The molecule has 0 saturated carbocycles. The predicted octanol–water partition coefficient (Wildman–Crippen LogP) is 3.85. The summed E-state index contributed by atoms with van der Waals surface area (Å²) in [6.45, 7) is 1.81. The maximum atomic E-state index is 13.4. The van der Waals surface area contributed by atoms with Crippen LogP contribution in [0.15, 0.2) is 47.5 Å². The summed E-state index contributed by atoms with van der Waals surface area (Å²) in [7, 11) is 1.29. The van der Waals surface area contributed by atoms with Crippen LogP contribution in [0.1, 0.15) is 29.7 Å². The Morgan fingerprint density at radius 1 is 1.19 bits per heavy atom. The highest BCUT2D eigenvalue weighted by Crippen LogP contribution is 2.23. The molecule has 3 aromatic rings. The number of fused-ring (bicyclic) bond motifs is 1. The fourth-order valence-electron chi connectivity index (χ4n) is 2.79. The van der Waals surface area contributed by atoms with Crippen LogP contribution in [-0.2, 0) is 9.53 Å². The molecule has 0 bridgehead atoms. The first-order valence-electron chi connectivity index (χ1n) is 8.17. The zero-order chi connectivity index (χ0) is 19.6. The van der Waals surface area contributed by atoms with Gasteiger partial charge in [0.25, 0.3) is 5.91 Å². The molecule has 3 rings (SSSR count). The van der Waals surface area contributed by atoms with Gasteiger partial charge in [0.2, 0.25) is 0 Å². The van der Waals surface area contributed by atoms with E-state index in [1.807, 2.05) is 31.2 Å². The summed E-state index contributed by atoms with van der Waals surface area (Å²) in [5, 5.41) is 0. The number of amides is 1. The zero-order valence-electron chi connectivity index (χ0n) is 14.6. The molecule has 0 spiro atoms. The number of ether oxygens (including phenoxy) is 1. The second kappa shape index (κ2) is 7.79. The molecule has 140 valence electrons. The van der Waals surface area contributed by atoms with Gasteiger partial charge < -0.3 is 9.30 Å². The van der Waals surface area contributed by atoms with Crippen molar-refractivity contribution in [3.8, 4) is 0 Å². The third kappa shape index (κ3) is 3.80. The Bertz CT molecular complexity index is 1070. The maximum absolute atomic E-state index is 13.4. The summed E-state index contributed by atoms with van der Waals surface area (Å²) >= 11 is 1.21. The number of hydrogen-bond donors (Lipinski definition) is 0. The normalized spacial score (nSPS) is 13.0. The Morgan fingerprint density at radius 2 is 1.85 bits per heavy atom. The summed E-state index contributed by atoms with van der Waals surface area (Å²) in [4.78, 5) is 29.0. The summed E-state index contributed by atoms with van der Waals surface area (Å²) in [5.74, 6) is -2.99. The van der Waals surface area contributed by atoms with E-state index in [9.17, 15) is 18.4 Å². The Hall–Kier alpha value is -2.87. The van der Waals surface area contributed by atoms with E-state index in [1.165, 1.54) is 18.4 Å². The average Bonchev–Trinajstić information content (AvgIpc) is 2.99. The van der Waals surface area contributed by atoms with Gasteiger partial charge in [0.1, 0.15) is 17.7 Å². The topological polar surface area (TPSA) is 60.7 Å². The molecular formula is C19H16F2N2O3S. The predicted molar refractivity (Wildman–Crippen MR) is 97.4 cm³/mol. The second-order valence-electron chi connectivity index (χ2n) is 5.74. The third-order valence-electron chi connectivity index (χ3n) is 4.01. The number of aromatic nitrogens is 1. The van der Waals surface area contributed by atoms with Gasteiger partial charge in [-0.2, -0.15) is 4.99 Å². The average molecular weight is 390 g/mol. The number of carbonyl (C=O) groups is 2. The van der Waals surface area contributed by atoms with E-state index in [0.717, 1.165) is 22.3 Å². The first-order chi connectivity index (χ1) is 12.9. The van der Waals surface area contributed by atoms with Gasteiger partial charge in [-0.3, -0.25) is 4.79 Å². The number of para-hydroxylation sites is 1. The first kappa shape index (κ1) is 18.9. The molecule has 5 nitrogen and oxygen atoms in total. The van der Waals surface area contributed by atoms with Crippen LogP contribution in [0.5, 0.6) is 0 Å². The quantitative estimate of drug-likeness (QED) is 0.636. The molecule has 1 unspecified atom stereocenters. The molecule has 1 heterocycles. The fourth-order valence-corrected chi connectivity index (χ4v) is 3.86. The van der Waals surface area contributed by atoms with Crippen molar-refractivity contribution >= 4 is 33.4 Å². The van der Waals surface area contributed by atoms with Gasteiger partial charge in [0.15, 0.2) is 4.80 Å². The van der Waals surface area contributed by atoms with Crippen molar-refractivity contribution in [1.29, 1.82) is 0 Å². The lowest BCUT2D eigenvalue weighted by Gasteiger charge is -2.15. The Labute approximate surface area is 157 Å². The molecule has 0 saturated heterocycles. The van der Waals surface area contributed by atoms with E-state index in [4.69, 9.17) is 4.74 Å². The molecule has 0 radical (unpaired) electrons. The number of esters is 1. The molecule has 1 amide bonds. The third-order valence-corrected chi connectivity index (χ3v) is 5.05. The number of hydrogen-bond acceptors (Lipinski definition) is 4. The Kier molecular flexibility index (Phi) is 5.46. The van der Waals surface area contributed by atoms with Crippen molar-refractivity contribution in [3.63, 3.8) is 0 Å². The summed E-state index contributed by atoms with van der Waals surface area (Å²) in [6.07, 6.45) is 0.420. The minimum atomic E-state index is -0.862. The van der Waals surface area contributed by atoms with Gasteiger partial charge in [0, 0.05) is 11.6 Å². The van der Waals surface area contributed by atoms with E-state index in [2.05, 4.69) is 4.99 Å². The standard InChI is InChI=1S/C19H16F2N2O3S/c1-3-14(18(25)26-2)23-15-6-4-5-7-16(15)27-19(23)22-17(24)11-8-12(20)10-13(21)9-11/h4-10,14H,3H2,1-2H3. The lowest BCUT2D eigenvalue weighted by atomic mass is 10.2. The highest BCUT2D eigenvalue weighted by atomic mass is 32.1. The highest BCUT2D eigenvalue weighted by molar-refractivity contribution is 7.16. The van der Waals surface area contributed by atoms with E-state index in [-0.39, 0.29) is 10.4 Å². The highest BCUT2D eigenvalue weighted by Gasteiger charge is 2.23. The number of benzene rings is 2. The second-order valence-corrected chi connectivity index (χ2v) is 6.75. The molecule has 27 heavy (non-hydrogen) atoms. The van der Waals surface area contributed by atoms with Crippen LogP contribution in [0.2, 0.25) is 0 Å². The monoisotopic (exact) mass is 390 g/mol. The van der Waals surface area contributed by atoms with Crippen LogP contribution in [-0.4, -0.2) is 23.6 Å². The molecule has 1 aromatic heterocycles. The van der Waals surface area contributed by atoms with E-state index < -0.39 is 29.6 Å². The fraction of sp³-hybridized carbons (Fsp3) is 0.211. The van der Waals surface area contributed by atoms with Gasteiger partial charge >= 0.3 is 5.97 Å². The van der Waals surface area contributed by atoms with Gasteiger partial charge in [-0.15, -0.1) is 0 Å². The van der Waals surface area contributed by atoms with Gasteiger partial charge in [-0.05, 0) is 30.7 Å².